The van der Waals surface area contributed by atoms with Crippen LogP contribution in [0.3, 0.4) is 0 Å². The van der Waals surface area contributed by atoms with Crippen molar-refractivity contribution in [1.29, 1.82) is 5.53 Å². The van der Waals surface area contributed by atoms with Crippen molar-refractivity contribution in [1.82, 2.24) is 14.3 Å². The molecular weight excluding hydrogens is 295 g/mol. The van der Waals surface area contributed by atoms with Gasteiger partial charge in [0, 0.05) is 33.2 Å². The van der Waals surface area contributed by atoms with Crippen LogP contribution in [0.4, 0.5) is 5.69 Å². The van der Waals surface area contributed by atoms with E-state index in [1.165, 1.54) is 0 Å². The van der Waals surface area contributed by atoms with E-state index in [-0.39, 0.29) is 0 Å². The molecule has 0 fully saturated rings. The fraction of sp³-hybridized carbons (Fsp3) is 0.600. The number of anilines is 1. The number of rotatable bonds is 9. The molecule has 0 saturated carbocycles. The summed E-state index contributed by atoms with van der Waals surface area (Å²) in [5, 5.41) is 0. The highest BCUT2D eigenvalue weighted by Crippen LogP contribution is 2.68. The smallest absolute Gasteiger partial charge is 0.194 e. The molecule has 6 nitrogen and oxygen atoms in total. The van der Waals surface area contributed by atoms with E-state index in [9.17, 15) is 0 Å². The fourth-order valence-electron chi connectivity index (χ4n) is 2.80. The molecule has 0 bridgehead atoms. The summed E-state index contributed by atoms with van der Waals surface area (Å²) < 4.78 is 6.89. The molecule has 0 heterocycles. The van der Waals surface area contributed by atoms with Crippen LogP contribution in [0.15, 0.2) is 35.2 Å². The topological polar surface area (TPSA) is 60.0 Å². The highest BCUT2D eigenvalue weighted by Gasteiger charge is 2.61. The van der Waals surface area contributed by atoms with E-state index in [2.05, 4.69) is 70.7 Å². The van der Waals surface area contributed by atoms with E-state index >= 15 is 0 Å². The minimum absolute atomic E-state index is 0.872. The summed E-state index contributed by atoms with van der Waals surface area (Å²) in [5.41, 5.74) is 8.51. The normalized spacial score (nSPS) is 11.6. The Hall–Kier alpha value is -1.32. The Labute approximate surface area is 134 Å². The van der Waals surface area contributed by atoms with E-state index < -0.39 is 7.87 Å². The molecule has 0 aliphatic rings. The lowest BCUT2D eigenvalue weighted by Gasteiger charge is -2.37. The summed E-state index contributed by atoms with van der Waals surface area (Å²) in [5.74, 6) is 0. The lowest BCUT2D eigenvalue weighted by Crippen LogP contribution is -2.43. The molecule has 0 aliphatic heterocycles. The summed E-state index contributed by atoms with van der Waals surface area (Å²) in [6, 6.07) is 10.2. The summed E-state index contributed by atoms with van der Waals surface area (Å²) in [7, 11) is -0.195. The van der Waals surface area contributed by atoms with Crippen molar-refractivity contribution in [2.75, 3.05) is 37.9 Å². The zero-order chi connectivity index (χ0) is 16.6. The summed E-state index contributed by atoms with van der Waals surface area (Å²) in [6.07, 6.45) is 0. The minimum atomic E-state index is -2.26. The number of hydrogen-bond donors (Lipinski definition) is 1. The van der Waals surface area contributed by atoms with Gasteiger partial charge in [-0.2, -0.15) is 4.67 Å². The summed E-state index contributed by atoms with van der Waals surface area (Å²) in [4.78, 5) is 7.98. The van der Waals surface area contributed by atoms with E-state index in [0.717, 1.165) is 31.9 Å². The first kappa shape index (κ1) is 18.7. The minimum Gasteiger partial charge on any atom is -0.194 e. The van der Waals surface area contributed by atoms with Crippen molar-refractivity contribution in [2.45, 2.75) is 27.7 Å². The third kappa shape index (κ3) is 3.53. The zero-order valence-corrected chi connectivity index (χ0v) is 15.3. The standard InChI is InChI=1S/C15H29N6P/c1-6-20(7-2)22(18-17-16,21(8-3)9-4)19(5)15-13-11-10-12-14-15/h10-14,16H,6-9H2,1-5H3/q+2. The molecule has 0 aromatic heterocycles. The SMILES string of the molecule is CCN(CC)[P+](N=[N+]=N)(N(CC)CC)N(C)c1ccccc1. The molecule has 0 atom stereocenters. The Kier molecular flexibility index (Phi) is 7.63. The Morgan fingerprint density at radius 1 is 0.955 bits per heavy atom. The summed E-state index contributed by atoms with van der Waals surface area (Å²) >= 11 is 0. The second-order valence-electron chi connectivity index (χ2n) is 4.86. The molecular formula is C15H29N6P+2. The van der Waals surface area contributed by atoms with Crippen LogP contribution in [0.1, 0.15) is 27.7 Å². The van der Waals surface area contributed by atoms with Gasteiger partial charge in [-0.1, -0.05) is 18.2 Å². The van der Waals surface area contributed by atoms with Gasteiger partial charge in [-0.15, -0.1) is 9.34 Å². The maximum atomic E-state index is 7.41. The molecule has 1 aromatic rings. The van der Waals surface area contributed by atoms with Gasteiger partial charge in [0.25, 0.3) is 4.91 Å². The van der Waals surface area contributed by atoms with E-state index in [1.54, 1.807) is 0 Å². The predicted octanol–water partition coefficient (Wildman–Crippen LogP) is 4.03. The highest BCUT2D eigenvalue weighted by atomic mass is 31.2. The van der Waals surface area contributed by atoms with Crippen molar-refractivity contribution >= 4 is 13.6 Å². The van der Waals surface area contributed by atoms with Gasteiger partial charge in [0.15, 0.2) is 0 Å². The number of para-hydroxylation sites is 1. The van der Waals surface area contributed by atoms with E-state index in [4.69, 9.17) is 5.53 Å². The lowest BCUT2D eigenvalue weighted by molar-refractivity contribution is 0.400. The molecule has 1 N–H and O–H groups in total. The lowest BCUT2D eigenvalue weighted by atomic mass is 10.3. The van der Waals surface area contributed by atoms with Crippen molar-refractivity contribution in [2.24, 2.45) is 4.88 Å². The quantitative estimate of drug-likeness (QED) is 0.424. The van der Waals surface area contributed by atoms with Crippen LogP contribution in [0.2, 0.25) is 0 Å². The number of hydrogen-bond acceptors (Lipinski definition) is 5. The second-order valence-corrected chi connectivity index (χ2v) is 7.85. The van der Waals surface area contributed by atoms with Crippen molar-refractivity contribution in [3.8, 4) is 0 Å². The molecule has 0 saturated heterocycles. The molecule has 22 heavy (non-hydrogen) atoms. The molecule has 1 aromatic carbocycles. The Balaban J connectivity index is 3.50. The molecule has 122 valence electrons. The molecule has 0 amide bonds. The zero-order valence-electron chi connectivity index (χ0n) is 14.4. The highest BCUT2D eigenvalue weighted by molar-refractivity contribution is 7.71. The van der Waals surface area contributed by atoms with Gasteiger partial charge < -0.3 is 0 Å². The van der Waals surface area contributed by atoms with Crippen LogP contribution in [0.25, 0.3) is 0 Å². The number of nitrogens with one attached hydrogen (secondary N) is 1. The Bertz CT molecular complexity index is 468. The summed E-state index contributed by atoms with van der Waals surface area (Å²) in [6.45, 7) is 12.0. The van der Waals surface area contributed by atoms with Gasteiger partial charge in [-0.25, -0.2) is 0 Å². The van der Waals surface area contributed by atoms with Crippen molar-refractivity contribution in [3.05, 3.63) is 30.3 Å². The van der Waals surface area contributed by atoms with Crippen LogP contribution in [-0.2, 0) is 0 Å². The Morgan fingerprint density at radius 2 is 1.41 bits per heavy atom. The number of nitrogens with zero attached hydrogens (tertiary/aromatic N) is 5. The van der Waals surface area contributed by atoms with Gasteiger partial charge in [0.2, 0.25) is 0 Å². The maximum Gasteiger partial charge on any atom is 0.472 e. The molecule has 7 heteroatoms. The van der Waals surface area contributed by atoms with Crippen molar-refractivity contribution < 1.29 is 0 Å². The van der Waals surface area contributed by atoms with E-state index in [1.807, 2.05) is 18.2 Å². The third-order valence-electron chi connectivity index (χ3n) is 3.92. The monoisotopic (exact) mass is 324 g/mol. The largest absolute Gasteiger partial charge is 0.472 e. The average Bonchev–Trinajstić information content (AvgIpc) is 2.56. The Morgan fingerprint density at radius 3 is 1.77 bits per heavy atom. The maximum absolute atomic E-state index is 7.41. The van der Waals surface area contributed by atoms with Crippen LogP contribution < -0.4 is 9.58 Å². The molecule has 0 aliphatic carbocycles. The third-order valence-corrected chi connectivity index (χ3v) is 7.93. The van der Waals surface area contributed by atoms with Gasteiger partial charge in [0.1, 0.15) is 5.53 Å². The van der Waals surface area contributed by atoms with Crippen LogP contribution >= 0.6 is 7.87 Å². The molecule has 0 radical (unpaired) electrons. The fourth-order valence-corrected chi connectivity index (χ4v) is 6.34. The average molecular weight is 324 g/mol. The first-order valence-corrected chi connectivity index (χ1v) is 9.50. The molecule has 0 spiro atoms. The van der Waals surface area contributed by atoms with Crippen LogP contribution in [0.5, 0.6) is 0 Å². The van der Waals surface area contributed by atoms with Crippen LogP contribution in [0, 0.1) is 5.53 Å². The first-order chi connectivity index (χ1) is 10.6. The first-order valence-electron chi connectivity index (χ1n) is 7.90. The number of benzene rings is 1. The predicted molar refractivity (Wildman–Crippen MR) is 94.9 cm³/mol. The van der Waals surface area contributed by atoms with Crippen LogP contribution in [-0.4, -0.2) is 42.6 Å². The second kappa shape index (κ2) is 8.96. The van der Waals surface area contributed by atoms with Crippen molar-refractivity contribution in [3.63, 3.8) is 0 Å². The van der Waals surface area contributed by atoms with E-state index in [0.29, 0.717) is 0 Å². The van der Waals surface area contributed by atoms with Gasteiger partial charge in [0.05, 0.1) is 5.69 Å². The van der Waals surface area contributed by atoms with Gasteiger partial charge >= 0.3 is 12.8 Å². The van der Waals surface area contributed by atoms with Gasteiger partial charge in [-0.05, 0) is 39.8 Å². The van der Waals surface area contributed by atoms with Gasteiger partial charge in [-0.3, -0.25) is 0 Å². The molecule has 0 unspecified atom stereocenters. The molecule has 1 rings (SSSR count).